The minimum Gasteiger partial charge on any atom is -0.307 e. The Hall–Kier alpha value is -7.36. The molecule has 0 saturated heterocycles. The van der Waals surface area contributed by atoms with Crippen LogP contribution in [0.1, 0.15) is 11.1 Å². The maximum absolute atomic E-state index is 10.8. The number of benzene rings is 7. The third-order valence-electron chi connectivity index (χ3n) is 10.2. The SMILES string of the molecule is Cc1c(C#N)cc(-c2nc(-c3ccccc3)nc(-c3ccccc3)n2)c(-n2c3ccccc3c3ccccc32)c1-n1c2ccccc2c2ccccc21. The van der Waals surface area contributed by atoms with Gasteiger partial charge in [0, 0.05) is 38.2 Å². The van der Waals surface area contributed by atoms with E-state index in [0.717, 1.165) is 77.2 Å². The zero-order valence-corrected chi connectivity index (χ0v) is 28.8. The summed E-state index contributed by atoms with van der Waals surface area (Å²) in [4.78, 5) is 15.5. The average Bonchev–Trinajstić information content (AvgIpc) is 3.74. The number of hydrogen-bond donors (Lipinski definition) is 0. The lowest BCUT2D eigenvalue weighted by Crippen LogP contribution is -2.11. The van der Waals surface area contributed by atoms with Crippen molar-refractivity contribution in [1.29, 1.82) is 5.26 Å². The smallest absolute Gasteiger partial charge is 0.166 e. The molecule has 7 aromatic carbocycles. The second-order valence-electron chi connectivity index (χ2n) is 13.2. The zero-order chi connectivity index (χ0) is 35.5. The molecule has 53 heavy (non-hydrogen) atoms. The molecular formula is C47H30N6. The van der Waals surface area contributed by atoms with E-state index in [-0.39, 0.29) is 0 Å². The van der Waals surface area contributed by atoms with Gasteiger partial charge in [-0.05, 0) is 42.8 Å². The van der Waals surface area contributed by atoms with Crippen LogP contribution in [0, 0.1) is 18.3 Å². The third kappa shape index (κ3) is 4.76. The molecular weight excluding hydrogens is 649 g/mol. The number of aromatic nitrogens is 5. The number of rotatable bonds is 5. The lowest BCUT2D eigenvalue weighted by Gasteiger charge is -2.23. The van der Waals surface area contributed by atoms with E-state index in [1.54, 1.807) is 0 Å². The average molecular weight is 679 g/mol. The summed E-state index contributed by atoms with van der Waals surface area (Å²) < 4.78 is 4.65. The number of nitriles is 1. The first kappa shape index (κ1) is 30.5. The number of fused-ring (bicyclic) bond motifs is 6. The molecule has 3 heterocycles. The molecule has 0 aliphatic heterocycles. The second-order valence-corrected chi connectivity index (χ2v) is 13.2. The van der Waals surface area contributed by atoms with Gasteiger partial charge in [-0.2, -0.15) is 5.26 Å². The van der Waals surface area contributed by atoms with E-state index < -0.39 is 0 Å². The van der Waals surface area contributed by atoms with Crippen molar-refractivity contribution in [3.05, 3.63) is 175 Å². The molecule has 0 bridgehead atoms. The van der Waals surface area contributed by atoms with Crippen LogP contribution in [0.25, 0.3) is 89.2 Å². The van der Waals surface area contributed by atoms with Crippen molar-refractivity contribution in [2.24, 2.45) is 0 Å². The lowest BCUT2D eigenvalue weighted by atomic mass is 9.98. The number of nitrogens with zero attached hydrogens (tertiary/aromatic N) is 6. The Labute approximate surface area is 305 Å². The fourth-order valence-corrected chi connectivity index (χ4v) is 7.80. The van der Waals surface area contributed by atoms with E-state index in [2.05, 4.69) is 119 Å². The molecule has 0 saturated carbocycles. The van der Waals surface area contributed by atoms with Crippen LogP contribution in [0.2, 0.25) is 0 Å². The molecule has 0 fully saturated rings. The Balaban J connectivity index is 1.43. The Morgan fingerprint density at radius 1 is 0.434 bits per heavy atom. The summed E-state index contributed by atoms with van der Waals surface area (Å²) in [6.07, 6.45) is 0. The van der Waals surface area contributed by atoms with Gasteiger partial charge in [-0.3, -0.25) is 0 Å². The highest BCUT2D eigenvalue weighted by molar-refractivity contribution is 6.12. The highest BCUT2D eigenvalue weighted by atomic mass is 15.1. The van der Waals surface area contributed by atoms with Gasteiger partial charge in [0.2, 0.25) is 0 Å². The Kier molecular flexibility index (Phi) is 6.98. The minimum atomic E-state index is 0.480. The normalized spacial score (nSPS) is 11.5. The van der Waals surface area contributed by atoms with Crippen LogP contribution in [0.3, 0.4) is 0 Å². The molecule has 0 amide bonds. The Bertz CT molecular complexity index is 2910. The van der Waals surface area contributed by atoms with Crippen molar-refractivity contribution in [2.75, 3.05) is 0 Å². The molecule has 0 unspecified atom stereocenters. The second kappa shape index (κ2) is 12.2. The summed E-state index contributed by atoms with van der Waals surface area (Å²) in [6.45, 7) is 2.05. The van der Waals surface area contributed by atoms with E-state index in [4.69, 9.17) is 15.0 Å². The summed E-state index contributed by atoms with van der Waals surface area (Å²) in [7, 11) is 0. The molecule has 10 rings (SSSR count). The van der Waals surface area contributed by atoms with Gasteiger partial charge in [0.25, 0.3) is 0 Å². The molecule has 6 nitrogen and oxygen atoms in total. The first-order valence-electron chi connectivity index (χ1n) is 17.6. The van der Waals surface area contributed by atoms with E-state index in [1.807, 2.05) is 66.7 Å². The van der Waals surface area contributed by atoms with Crippen molar-refractivity contribution in [3.63, 3.8) is 0 Å². The van der Waals surface area contributed by atoms with Gasteiger partial charge < -0.3 is 9.13 Å². The maximum Gasteiger partial charge on any atom is 0.166 e. The lowest BCUT2D eigenvalue weighted by molar-refractivity contribution is 1.04. The molecule has 3 aromatic heterocycles. The monoisotopic (exact) mass is 678 g/mol. The van der Waals surface area contributed by atoms with Gasteiger partial charge in [-0.1, -0.05) is 133 Å². The zero-order valence-electron chi connectivity index (χ0n) is 28.8. The maximum atomic E-state index is 10.8. The molecule has 0 radical (unpaired) electrons. The van der Waals surface area contributed by atoms with E-state index in [9.17, 15) is 5.26 Å². The minimum absolute atomic E-state index is 0.480. The largest absolute Gasteiger partial charge is 0.307 e. The summed E-state index contributed by atoms with van der Waals surface area (Å²) in [5, 5.41) is 15.4. The van der Waals surface area contributed by atoms with Crippen molar-refractivity contribution in [1.82, 2.24) is 24.1 Å². The molecule has 0 spiro atoms. The molecule has 0 atom stereocenters. The number of para-hydroxylation sites is 4. The highest BCUT2D eigenvalue weighted by Gasteiger charge is 2.27. The van der Waals surface area contributed by atoms with E-state index >= 15 is 0 Å². The van der Waals surface area contributed by atoms with Crippen molar-refractivity contribution < 1.29 is 0 Å². The third-order valence-corrected chi connectivity index (χ3v) is 10.2. The molecule has 0 aliphatic carbocycles. The summed E-state index contributed by atoms with van der Waals surface area (Å²) in [6, 6.07) is 58.5. The molecule has 0 N–H and O–H groups in total. The van der Waals surface area contributed by atoms with Gasteiger partial charge in [-0.25, -0.2) is 15.0 Å². The number of hydrogen-bond acceptors (Lipinski definition) is 4. The molecule has 0 aliphatic rings. The van der Waals surface area contributed by atoms with Crippen LogP contribution < -0.4 is 0 Å². The summed E-state index contributed by atoms with van der Waals surface area (Å²) in [5.41, 5.74) is 9.85. The predicted octanol–water partition coefficient (Wildman–Crippen LogP) is 11.2. The van der Waals surface area contributed by atoms with E-state index in [0.29, 0.717) is 23.0 Å². The van der Waals surface area contributed by atoms with Gasteiger partial charge in [0.05, 0.1) is 45.1 Å². The topological polar surface area (TPSA) is 72.3 Å². The van der Waals surface area contributed by atoms with Gasteiger partial charge >= 0.3 is 0 Å². The van der Waals surface area contributed by atoms with Crippen LogP contribution >= 0.6 is 0 Å². The molecule has 6 heteroatoms. The summed E-state index contributed by atoms with van der Waals surface area (Å²) in [5.74, 6) is 1.59. The van der Waals surface area contributed by atoms with Crippen molar-refractivity contribution in [3.8, 4) is 51.6 Å². The fourth-order valence-electron chi connectivity index (χ4n) is 7.80. The van der Waals surface area contributed by atoms with Crippen LogP contribution in [0.5, 0.6) is 0 Å². The standard InChI is InChI=1S/C47H30N6/c1-30-33(29-48)28-38(47-50-45(31-16-4-2-5-17-31)49-46(51-47)32-18-6-3-7-19-32)44(53-41-26-14-10-22-36(41)37-23-11-15-27-42(37)53)43(30)52-39-24-12-8-20-34(39)35-21-9-13-25-40(35)52/h2-28H,1H3. The van der Waals surface area contributed by atoms with Crippen molar-refractivity contribution in [2.45, 2.75) is 6.92 Å². The van der Waals surface area contributed by atoms with E-state index in [1.165, 1.54) is 0 Å². The van der Waals surface area contributed by atoms with Gasteiger partial charge in [-0.15, -0.1) is 0 Å². The van der Waals surface area contributed by atoms with Crippen LogP contribution in [-0.2, 0) is 0 Å². The highest BCUT2D eigenvalue weighted by Crippen LogP contribution is 2.44. The van der Waals surface area contributed by atoms with Crippen LogP contribution in [0.4, 0.5) is 0 Å². The quantitative estimate of drug-likeness (QED) is 0.182. The first-order valence-corrected chi connectivity index (χ1v) is 17.6. The first-order chi connectivity index (χ1) is 26.2. The fraction of sp³-hybridized carbons (Fsp3) is 0.0213. The van der Waals surface area contributed by atoms with Crippen molar-refractivity contribution >= 4 is 43.6 Å². The predicted molar refractivity (Wildman–Crippen MR) is 214 cm³/mol. The van der Waals surface area contributed by atoms with Crippen LogP contribution in [-0.4, -0.2) is 24.1 Å². The molecule has 10 aromatic rings. The summed E-state index contributed by atoms with van der Waals surface area (Å²) >= 11 is 0. The van der Waals surface area contributed by atoms with Gasteiger partial charge in [0.1, 0.15) is 0 Å². The molecule has 248 valence electrons. The van der Waals surface area contributed by atoms with Crippen LogP contribution in [0.15, 0.2) is 164 Å². The Morgan fingerprint density at radius 3 is 1.21 bits per heavy atom. The Morgan fingerprint density at radius 2 is 0.792 bits per heavy atom. The van der Waals surface area contributed by atoms with Gasteiger partial charge in [0.15, 0.2) is 17.5 Å².